The van der Waals surface area contributed by atoms with E-state index in [-0.39, 0.29) is 47.5 Å². The first kappa shape index (κ1) is 19.3. The van der Waals surface area contributed by atoms with Crippen molar-refractivity contribution in [3.63, 3.8) is 0 Å². The van der Waals surface area contributed by atoms with Crippen LogP contribution < -0.4 is 15.6 Å². The Kier molecular flexibility index (Phi) is 3.97. The minimum Gasteiger partial charge on any atom is -0.497 e. The summed E-state index contributed by atoms with van der Waals surface area (Å²) >= 11 is 0. The first-order valence-electron chi connectivity index (χ1n) is 9.74. The molecule has 0 bridgehead atoms. The highest BCUT2D eigenvalue weighted by Gasteiger charge is 2.46. The molecule has 4 heterocycles. The summed E-state index contributed by atoms with van der Waals surface area (Å²) in [6.45, 7) is 1.22. The van der Waals surface area contributed by atoms with Gasteiger partial charge in [-0.25, -0.2) is 4.79 Å². The number of nitrogens with one attached hydrogen (secondary N) is 1. The van der Waals surface area contributed by atoms with Crippen molar-refractivity contribution in [2.45, 2.75) is 32.1 Å². The second kappa shape index (κ2) is 6.39. The maximum Gasteiger partial charge on any atom is 0.343 e. The number of pyridine rings is 1. The molecule has 0 radical (unpaired) electrons. The third-order valence-electron chi connectivity index (χ3n) is 6.14. The van der Waals surface area contributed by atoms with Crippen LogP contribution in [0.25, 0.3) is 5.57 Å². The fraction of sp³-hybridized carbons (Fsp3) is 0.273. The van der Waals surface area contributed by atoms with Gasteiger partial charge in [0.25, 0.3) is 11.5 Å². The number of nitrogens with zero attached hydrogens (tertiary/aromatic N) is 1. The quantitative estimate of drug-likeness (QED) is 0.549. The van der Waals surface area contributed by atoms with E-state index >= 15 is 0 Å². The predicted octanol–water partition coefficient (Wildman–Crippen LogP) is 1.11. The number of amides is 1. The van der Waals surface area contributed by atoms with Gasteiger partial charge in [0.15, 0.2) is 5.60 Å². The largest absolute Gasteiger partial charge is 0.497 e. The van der Waals surface area contributed by atoms with Gasteiger partial charge in [0.05, 0.1) is 36.2 Å². The van der Waals surface area contributed by atoms with Crippen molar-refractivity contribution < 1.29 is 29.0 Å². The molecule has 5 rings (SSSR count). The van der Waals surface area contributed by atoms with Crippen LogP contribution in [0, 0.1) is 0 Å². The summed E-state index contributed by atoms with van der Waals surface area (Å²) in [6, 6.07) is 6.39. The number of cyclic esters (lactones) is 1. The smallest absolute Gasteiger partial charge is 0.343 e. The second-order valence-corrected chi connectivity index (χ2v) is 7.65. The van der Waals surface area contributed by atoms with Crippen LogP contribution in [0.5, 0.6) is 5.75 Å². The highest BCUT2D eigenvalue weighted by Crippen LogP contribution is 2.40. The van der Waals surface area contributed by atoms with Gasteiger partial charge >= 0.3 is 5.97 Å². The number of carbonyl (C=O) groups is 3. The molecule has 158 valence electrons. The van der Waals surface area contributed by atoms with Crippen molar-refractivity contribution in [1.29, 1.82) is 0 Å². The lowest BCUT2D eigenvalue weighted by atomic mass is 9.86. The number of benzene rings is 1. The van der Waals surface area contributed by atoms with Crippen molar-refractivity contribution in [3.05, 3.63) is 62.6 Å². The zero-order valence-electron chi connectivity index (χ0n) is 16.8. The summed E-state index contributed by atoms with van der Waals surface area (Å²) in [5, 5.41) is 13.5. The van der Waals surface area contributed by atoms with Gasteiger partial charge in [0.2, 0.25) is 5.78 Å². The molecule has 1 aromatic heterocycles. The molecule has 1 amide bonds. The SMILES string of the molecule is CCC1(O)C(=O)OCc2c1cc1n(c2=O)C/C(=C2\C(=O)Nc3cc(OC)ccc32)C1=O. The Morgan fingerprint density at radius 3 is 2.71 bits per heavy atom. The molecule has 0 saturated heterocycles. The van der Waals surface area contributed by atoms with Crippen LogP contribution >= 0.6 is 0 Å². The Labute approximate surface area is 175 Å². The zero-order valence-corrected chi connectivity index (χ0v) is 16.8. The summed E-state index contributed by atoms with van der Waals surface area (Å²) in [7, 11) is 1.51. The van der Waals surface area contributed by atoms with Gasteiger partial charge in [-0.1, -0.05) is 6.92 Å². The van der Waals surface area contributed by atoms with Gasteiger partial charge in [-0.15, -0.1) is 0 Å². The number of rotatable bonds is 2. The molecule has 3 aliphatic rings. The maximum atomic E-state index is 13.3. The van der Waals surface area contributed by atoms with E-state index in [9.17, 15) is 24.3 Å². The molecule has 1 aromatic carbocycles. The van der Waals surface area contributed by atoms with Gasteiger partial charge in [0, 0.05) is 22.8 Å². The van der Waals surface area contributed by atoms with E-state index in [4.69, 9.17) is 9.47 Å². The molecule has 1 unspecified atom stereocenters. The Hall–Kier alpha value is -3.72. The molecule has 3 aliphatic heterocycles. The summed E-state index contributed by atoms with van der Waals surface area (Å²) in [5.74, 6) is -1.24. The van der Waals surface area contributed by atoms with Gasteiger partial charge in [-0.05, 0) is 24.6 Å². The molecule has 31 heavy (non-hydrogen) atoms. The van der Waals surface area contributed by atoms with Crippen LogP contribution in [0.15, 0.2) is 34.6 Å². The van der Waals surface area contributed by atoms with Gasteiger partial charge < -0.3 is 24.5 Å². The van der Waals surface area contributed by atoms with E-state index in [1.54, 1.807) is 25.1 Å². The molecule has 0 saturated carbocycles. The molecular weight excluding hydrogens is 404 g/mol. The Morgan fingerprint density at radius 1 is 1.23 bits per heavy atom. The fourth-order valence-corrected chi connectivity index (χ4v) is 4.40. The number of hydrogen-bond donors (Lipinski definition) is 2. The third-order valence-corrected chi connectivity index (χ3v) is 6.14. The molecule has 2 N–H and O–H groups in total. The van der Waals surface area contributed by atoms with Crippen molar-refractivity contribution in [1.82, 2.24) is 4.57 Å². The highest BCUT2D eigenvalue weighted by molar-refractivity contribution is 6.37. The number of allylic oxidation sites excluding steroid dienone is 1. The molecule has 2 aromatic rings. The van der Waals surface area contributed by atoms with Crippen LogP contribution in [-0.2, 0) is 33.1 Å². The van der Waals surface area contributed by atoms with Gasteiger partial charge in [0.1, 0.15) is 12.4 Å². The number of Topliss-reactive ketones (excluding diaryl/α,β-unsaturated/α-hetero) is 1. The Bertz CT molecular complexity index is 1300. The summed E-state index contributed by atoms with van der Waals surface area (Å²) in [5.41, 5.74) is -0.839. The number of aliphatic hydroxyl groups is 1. The number of esters is 1. The summed E-state index contributed by atoms with van der Waals surface area (Å²) < 4.78 is 11.4. The van der Waals surface area contributed by atoms with E-state index in [1.165, 1.54) is 17.7 Å². The van der Waals surface area contributed by atoms with Crippen molar-refractivity contribution >= 4 is 28.9 Å². The lowest BCUT2D eigenvalue weighted by Gasteiger charge is -2.31. The summed E-state index contributed by atoms with van der Waals surface area (Å²) in [4.78, 5) is 51.2. The Morgan fingerprint density at radius 2 is 2.00 bits per heavy atom. The average Bonchev–Trinajstić information content (AvgIpc) is 3.26. The van der Waals surface area contributed by atoms with Crippen LogP contribution in [0.1, 0.15) is 40.5 Å². The number of ether oxygens (including phenoxy) is 2. The van der Waals surface area contributed by atoms with Gasteiger partial charge in [-0.3, -0.25) is 14.4 Å². The predicted molar refractivity (Wildman–Crippen MR) is 108 cm³/mol. The Balaban J connectivity index is 1.69. The number of carbonyl (C=O) groups excluding carboxylic acids is 3. The number of fused-ring (bicyclic) bond motifs is 3. The van der Waals surface area contributed by atoms with Crippen molar-refractivity contribution in [2.24, 2.45) is 0 Å². The average molecular weight is 422 g/mol. The molecule has 0 aliphatic carbocycles. The number of hydrogen-bond acceptors (Lipinski definition) is 7. The van der Waals surface area contributed by atoms with E-state index in [2.05, 4.69) is 5.32 Å². The molecule has 0 fully saturated rings. The normalized spacial score (nSPS) is 23.8. The lowest BCUT2D eigenvalue weighted by Crippen LogP contribution is -2.44. The molecule has 9 nitrogen and oxygen atoms in total. The zero-order chi connectivity index (χ0) is 22.1. The van der Waals surface area contributed by atoms with Crippen LogP contribution in [-0.4, -0.2) is 34.4 Å². The van der Waals surface area contributed by atoms with E-state index in [0.29, 0.717) is 17.0 Å². The monoisotopic (exact) mass is 422 g/mol. The topological polar surface area (TPSA) is 124 Å². The van der Waals surface area contributed by atoms with Crippen LogP contribution in [0.2, 0.25) is 0 Å². The van der Waals surface area contributed by atoms with Gasteiger partial charge in [-0.2, -0.15) is 0 Å². The van der Waals surface area contributed by atoms with E-state index in [1.807, 2.05) is 0 Å². The minimum absolute atomic E-state index is 0.0124. The number of anilines is 1. The number of aromatic nitrogens is 1. The number of ketones is 1. The maximum absolute atomic E-state index is 13.3. The summed E-state index contributed by atoms with van der Waals surface area (Å²) in [6.07, 6.45) is -0.0124. The molecule has 1 atom stereocenters. The molecule has 9 heteroatoms. The molecule has 0 spiro atoms. The van der Waals surface area contributed by atoms with Crippen LogP contribution in [0.3, 0.4) is 0 Å². The number of methoxy groups -OCH3 is 1. The lowest BCUT2D eigenvalue weighted by molar-refractivity contribution is -0.172. The fourth-order valence-electron chi connectivity index (χ4n) is 4.40. The first-order valence-corrected chi connectivity index (χ1v) is 9.74. The van der Waals surface area contributed by atoms with Crippen molar-refractivity contribution in [2.75, 3.05) is 12.4 Å². The van der Waals surface area contributed by atoms with Crippen LogP contribution in [0.4, 0.5) is 5.69 Å². The minimum atomic E-state index is -1.99. The van der Waals surface area contributed by atoms with E-state index in [0.717, 1.165) is 0 Å². The second-order valence-electron chi connectivity index (χ2n) is 7.65. The highest BCUT2D eigenvalue weighted by atomic mass is 16.6. The standard InChI is InChI=1S/C22H18N2O7/c1-3-22(29)14-7-16-18(25)12(8-24(16)20(27)13(14)9-31-21(22)28)17-11-5-4-10(30-2)6-15(11)23-19(17)26/h4-7,29H,3,8-9H2,1-2H3,(H,23,26)/b17-12+. The first-order chi connectivity index (χ1) is 14.8. The van der Waals surface area contributed by atoms with Crippen molar-refractivity contribution in [3.8, 4) is 5.75 Å². The third kappa shape index (κ3) is 2.46. The molecular formula is C22H18N2O7. The van der Waals surface area contributed by atoms with E-state index < -0.39 is 28.8 Å².